The van der Waals surface area contributed by atoms with Crippen molar-refractivity contribution in [3.8, 4) is 5.75 Å². The molecule has 1 rings (SSSR count). The number of hydrogen-bond donors (Lipinski definition) is 2. The summed E-state index contributed by atoms with van der Waals surface area (Å²) in [5.41, 5.74) is 1.00. The molecule has 0 bridgehead atoms. The molecule has 0 unspecified atom stereocenters. The zero-order valence-electron chi connectivity index (χ0n) is 11.7. The summed E-state index contributed by atoms with van der Waals surface area (Å²) in [7, 11) is -2.22. The number of benzene rings is 1. The average molecular weight is 298 g/mol. The largest absolute Gasteiger partial charge is 0.495 e. The molecule has 1 aromatic rings. The van der Waals surface area contributed by atoms with Crippen LogP contribution in [0.3, 0.4) is 0 Å². The van der Waals surface area contributed by atoms with Gasteiger partial charge in [-0.15, -0.1) is 0 Å². The summed E-state index contributed by atoms with van der Waals surface area (Å²) < 4.78 is 31.6. The van der Waals surface area contributed by atoms with E-state index < -0.39 is 10.0 Å². The maximum Gasteiger partial charge on any atom is 0.240 e. The van der Waals surface area contributed by atoms with Crippen molar-refractivity contribution in [2.24, 2.45) is 0 Å². The molecule has 0 fully saturated rings. The Balaban J connectivity index is 3.13. The van der Waals surface area contributed by atoms with Gasteiger partial charge in [-0.3, -0.25) is 4.79 Å². The van der Waals surface area contributed by atoms with Gasteiger partial charge in [0.25, 0.3) is 0 Å². The Labute approximate surface area is 118 Å². The third-order valence-corrected chi connectivity index (χ3v) is 3.75. The number of amides is 1. The van der Waals surface area contributed by atoms with Crippen LogP contribution in [0.1, 0.15) is 13.8 Å². The summed E-state index contributed by atoms with van der Waals surface area (Å²) in [5.74, 6) is 0.0757. The number of carbonyl (C=O) groups excluding carboxylic acids is 1. The Hall–Kier alpha value is -1.86. The third kappa shape index (κ3) is 4.36. The highest BCUT2D eigenvalue weighted by Gasteiger charge is 2.16. The lowest BCUT2D eigenvalue weighted by molar-refractivity contribution is -0.114. The first kappa shape index (κ1) is 16.2. The number of ether oxygens (including phenoxy) is 1. The van der Waals surface area contributed by atoms with Crippen LogP contribution in [0.15, 0.2) is 35.2 Å². The standard InChI is InChI=1S/C13H18N2O4S/c1-9(2)8-14-20(17,18)11-5-6-13(19-4)12(7-11)15-10(3)16/h5-7,14H,1,8H2,2-4H3,(H,15,16). The van der Waals surface area contributed by atoms with Gasteiger partial charge in [0.2, 0.25) is 15.9 Å². The number of rotatable bonds is 6. The van der Waals surface area contributed by atoms with Crippen LogP contribution in [-0.4, -0.2) is 28.0 Å². The molecular weight excluding hydrogens is 280 g/mol. The molecule has 20 heavy (non-hydrogen) atoms. The maximum absolute atomic E-state index is 12.1. The van der Waals surface area contributed by atoms with Gasteiger partial charge >= 0.3 is 0 Å². The minimum atomic E-state index is -3.66. The van der Waals surface area contributed by atoms with Gasteiger partial charge in [-0.2, -0.15) is 0 Å². The number of methoxy groups -OCH3 is 1. The summed E-state index contributed by atoms with van der Waals surface area (Å²) in [6, 6.07) is 4.24. The van der Waals surface area contributed by atoms with Gasteiger partial charge in [-0.1, -0.05) is 12.2 Å². The highest BCUT2D eigenvalue weighted by molar-refractivity contribution is 7.89. The fourth-order valence-electron chi connectivity index (χ4n) is 1.44. The molecule has 2 N–H and O–H groups in total. The van der Waals surface area contributed by atoms with Crippen LogP contribution in [-0.2, 0) is 14.8 Å². The van der Waals surface area contributed by atoms with Crippen LogP contribution in [0.5, 0.6) is 5.75 Å². The first-order valence-electron chi connectivity index (χ1n) is 5.86. The Bertz CT molecular complexity index is 623. The normalized spacial score (nSPS) is 10.9. The second-order valence-corrected chi connectivity index (χ2v) is 6.09. The summed E-state index contributed by atoms with van der Waals surface area (Å²) in [6.45, 7) is 6.84. The molecule has 7 heteroatoms. The maximum atomic E-state index is 12.1. The van der Waals surface area contributed by atoms with Crippen molar-refractivity contribution in [2.75, 3.05) is 19.0 Å². The Morgan fingerprint density at radius 3 is 2.50 bits per heavy atom. The molecule has 0 saturated carbocycles. The lowest BCUT2D eigenvalue weighted by Gasteiger charge is -2.12. The predicted octanol–water partition coefficient (Wildman–Crippen LogP) is 1.51. The highest BCUT2D eigenvalue weighted by Crippen LogP contribution is 2.27. The van der Waals surface area contributed by atoms with Gasteiger partial charge in [0, 0.05) is 13.5 Å². The topological polar surface area (TPSA) is 84.5 Å². The molecule has 0 radical (unpaired) electrons. The molecule has 110 valence electrons. The van der Waals surface area contributed by atoms with Gasteiger partial charge < -0.3 is 10.1 Å². The molecule has 0 saturated heterocycles. The summed E-state index contributed by atoms with van der Waals surface area (Å²) in [5, 5.41) is 2.53. The van der Waals surface area contributed by atoms with Gasteiger partial charge in [0.1, 0.15) is 5.75 Å². The second kappa shape index (κ2) is 6.53. The third-order valence-electron chi connectivity index (χ3n) is 2.36. The molecular formula is C13H18N2O4S. The Morgan fingerprint density at radius 2 is 2.00 bits per heavy atom. The van der Waals surface area contributed by atoms with E-state index in [0.717, 1.165) is 0 Å². The van der Waals surface area contributed by atoms with E-state index in [-0.39, 0.29) is 17.3 Å². The van der Waals surface area contributed by atoms with Gasteiger partial charge in [-0.25, -0.2) is 13.1 Å². The molecule has 0 aliphatic carbocycles. The van der Waals surface area contributed by atoms with E-state index in [1.165, 1.54) is 32.2 Å². The van der Waals surface area contributed by atoms with Crippen molar-refractivity contribution >= 4 is 21.6 Å². The Morgan fingerprint density at radius 1 is 1.35 bits per heavy atom. The van der Waals surface area contributed by atoms with Crippen molar-refractivity contribution in [3.05, 3.63) is 30.4 Å². The molecule has 0 spiro atoms. The van der Waals surface area contributed by atoms with Crippen LogP contribution in [0, 0.1) is 0 Å². The highest BCUT2D eigenvalue weighted by atomic mass is 32.2. The van der Waals surface area contributed by atoms with Crippen LogP contribution >= 0.6 is 0 Å². The number of nitrogens with one attached hydrogen (secondary N) is 2. The Kier molecular flexibility index (Phi) is 5.29. The summed E-state index contributed by atoms with van der Waals surface area (Å²) >= 11 is 0. The molecule has 0 aliphatic heterocycles. The van der Waals surface area contributed by atoms with E-state index in [2.05, 4.69) is 16.6 Å². The molecule has 0 aliphatic rings. The van der Waals surface area contributed by atoms with E-state index >= 15 is 0 Å². The van der Waals surface area contributed by atoms with E-state index in [0.29, 0.717) is 17.0 Å². The van der Waals surface area contributed by atoms with E-state index in [9.17, 15) is 13.2 Å². The lowest BCUT2D eigenvalue weighted by Crippen LogP contribution is -2.25. The summed E-state index contributed by atoms with van der Waals surface area (Å²) in [6.07, 6.45) is 0. The second-order valence-electron chi connectivity index (χ2n) is 4.32. The smallest absolute Gasteiger partial charge is 0.240 e. The lowest BCUT2D eigenvalue weighted by atomic mass is 10.3. The van der Waals surface area contributed by atoms with Crippen molar-refractivity contribution in [2.45, 2.75) is 18.7 Å². The zero-order chi connectivity index (χ0) is 15.3. The van der Waals surface area contributed by atoms with Gasteiger partial charge in [0.15, 0.2) is 0 Å². The van der Waals surface area contributed by atoms with E-state index in [1.807, 2.05) is 0 Å². The molecule has 0 atom stereocenters. The van der Waals surface area contributed by atoms with Crippen LogP contribution < -0.4 is 14.8 Å². The first-order chi connectivity index (χ1) is 9.26. The van der Waals surface area contributed by atoms with Crippen molar-refractivity contribution in [1.29, 1.82) is 0 Å². The number of sulfonamides is 1. The first-order valence-corrected chi connectivity index (χ1v) is 7.34. The molecule has 0 aromatic heterocycles. The molecule has 1 aromatic carbocycles. The summed E-state index contributed by atoms with van der Waals surface area (Å²) in [4.78, 5) is 11.2. The number of anilines is 1. The van der Waals surface area contributed by atoms with Gasteiger partial charge in [0.05, 0.1) is 17.7 Å². The van der Waals surface area contributed by atoms with Crippen LogP contribution in [0.2, 0.25) is 0 Å². The minimum Gasteiger partial charge on any atom is -0.495 e. The van der Waals surface area contributed by atoms with E-state index in [4.69, 9.17) is 4.74 Å². The predicted molar refractivity (Wildman–Crippen MR) is 77.3 cm³/mol. The van der Waals surface area contributed by atoms with E-state index in [1.54, 1.807) is 6.92 Å². The van der Waals surface area contributed by atoms with Crippen molar-refractivity contribution in [1.82, 2.24) is 4.72 Å². The van der Waals surface area contributed by atoms with Crippen molar-refractivity contribution < 1.29 is 17.9 Å². The minimum absolute atomic E-state index is 0.0447. The van der Waals surface area contributed by atoms with Gasteiger partial charge in [-0.05, 0) is 25.1 Å². The fourth-order valence-corrected chi connectivity index (χ4v) is 2.57. The molecule has 0 heterocycles. The quantitative estimate of drug-likeness (QED) is 0.780. The van der Waals surface area contributed by atoms with Crippen LogP contribution in [0.4, 0.5) is 5.69 Å². The monoisotopic (exact) mass is 298 g/mol. The average Bonchev–Trinajstić information content (AvgIpc) is 2.35. The molecule has 6 nitrogen and oxygen atoms in total. The SMILES string of the molecule is C=C(C)CNS(=O)(=O)c1ccc(OC)c(NC(C)=O)c1. The fraction of sp³-hybridized carbons (Fsp3) is 0.308. The van der Waals surface area contributed by atoms with Crippen molar-refractivity contribution in [3.63, 3.8) is 0 Å². The zero-order valence-corrected chi connectivity index (χ0v) is 12.5. The molecule has 1 amide bonds. The number of carbonyl (C=O) groups is 1. The van der Waals surface area contributed by atoms with Crippen LogP contribution in [0.25, 0.3) is 0 Å². The number of hydrogen-bond acceptors (Lipinski definition) is 4.